The van der Waals surface area contributed by atoms with Crippen molar-refractivity contribution in [3.63, 3.8) is 0 Å². The Morgan fingerprint density at radius 2 is 1.82 bits per heavy atom. The zero-order valence-corrected chi connectivity index (χ0v) is 11.2. The van der Waals surface area contributed by atoms with E-state index in [-0.39, 0.29) is 16.9 Å². The van der Waals surface area contributed by atoms with Gasteiger partial charge in [0.15, 0.2) is 0 Å². The molecule has 1 aromatic heterocycles. The maximum Gasteiger partial charge on any atom is 0.416 e. The third kappa shape index (κ3) is 3.08. The normalized spacial score (nSPS) is 11.3. The van der Waals surface area contributed by atoms with Gasteiger partial charge in [0, 0.05) is 12.7 Å². The van der Waals surface area contributed by atoms with Crippen LogP contribution in [0.2, 0.25) is 0 Å². The minimum absolute atomic E-state index is 0.107. The average molecular weight is 313 g/mol. The Bertz CT molecular complexity index is 720. The molecule has 0 spiro atoms. The molecule has 1 aromatic carbocycles. The number of hydrogen-bond donors (Lipinski definition) is 2. The number of carboxylic acids is 1. The highest BCUT2D eigenvalue weighted by molar-refractivity contribution is 6.09. The number of aromatic carboxylic acids is 1. The molecule has 1 heterocycles. The summed E-state index contributed by atoms with van der Waals surface area (Å²) in [5, 5.41) is 15.0. The molecular weight excluding hydrogens is 303 g/mol. The van der Waals surface area contributed by atoms with Crippen LogP contribution in [-0.4, -0.2) is 26.8 Å². The number of carbonyl (C=O) groups is 2. The van der Waals surface area contributed by atoms with Crippen molar-refractivity contribution in [2.24, 2.45) is 7.05 Å². The molecule has 0 unspecified atom stereocenters. The van der Waals surface area contributed by atoms with Crippen molar-refractivity contribution in [1.29, 1.82) is 0 Å². The number of benzene rings is 1. The van der Waals surface area contributed by atoms with Gasteiger partial charge in [0.25, 0.3) is 5.91 Å². The fourth-order valence-corrected chi connectivity index (χ4v) is 1.80. The van der Waals surface area contributed by atoms with Gasteiger partial charge >= 0.3 is 12.1 Å². The Morgan fingerprint density at radius 3 is 2.32 bits per heavy atom. The summed E-state index contributed by atoms with van der Waals surface area (Å²) in [6.07, 6.45) is -3.45. The highest BCUT2D eigenvalue weighted by Crippen LogP contribution is 2.29. The number of halogens is 3. The van der Waals surface area contributed by atoms with E-state index in [1.54, 1.807) is 0 Å². The molecule has 0 atom stereocenters. The lowest BCUT2D eigenvalue weighted by Crippen LogP contribution is -2.19. The van der Waals surface area contributed by atoms with E-state index in [1.165, 1.54) is 7.05 Å². The minimum atomic E-state index is -4.47. The Morgan fingerprint density at radius 1 is 1.23 bits per heavy atom. The molecule has 0 bridgehead atoms. The van der Waals surface area contributed by atoms with Crippen molar-refractivity contribution in [2.45, 2.75) is 6.18 Å². The van der Waals surface area contributed by atoms with Crippen LogP contribution >= 0.6 is 0 Å². The van der Waals surface area contributed by atoms with Crippen LogP contribution in [-0.2, 0) is 13.2 Å². The number of nitrogens with zero attached hydrogens (tertiary/aromatic N) is 2. The van der Waals surface area contributed by atoms with Crippen molar-refractivity contribution in [3.8, 4) is 0 Å². The molecule has 0 saturated heterocycles. The first kappa shape index (κ1) is 15.5. The Labute approximate surface area is 122 Å². The summed E-state index contributed by atoms with van der Waals surface area (Å²) in [7, 11) is 1.38. The number of hydrogen-bond acceptors (Lipinski definition) is 3. The van der Waals surface area contributed by atoms with Crippen molar-refractivity contribution < 1.29 is 27.9 Å². The molecule has 0 fully saturated rings. The molecule has 0 radical (unpaired) electrons. The van der Waals surface area contributed by atoms with Crippen molar-refractivity contribution in [2.75, 3.05) is 5.32 Å². The van der Waals surface area contributed by atoms with E-state index in [9.17, 15) is 22.8 Å². The third-order valence-electron chi connectivity index (χ3n) is 2.85. The van der Waals surface area contributed by atoms with E-state index >= 15 is 0 Å². The van der Waals surface area contributed by atoms with Gasteiger partial charge in [-0.2, -0.15) is 18.3 Å². The van der Waals surface area contributed by atoms with Crippen molar-refractivity contribution in [3.05, 3.63) is 47.3 Å². The van der Waals surface area contributed by atoms with Gasteiger partial charge in [-0.1, -0.05) is 0 Å². The smallest absolute Gasteiger partial charge is 0.416 e. The Hall–Kier alpha value is -2.84. The van der Waals surface area contributed by atoms with Crippen LogP contribution in [0.4, 0.5) is 18.9 Å². The van der Waals surface area contributed by atoms with E-state index in [0.717, 1.165) is 35.1 Å². The molecule has 0 aliphatic carbocycles. The summed E-state index contributed by atoms with van der Waals surface area (Å²) in [6, 6.07) is 3.79. The second-order valence-electron chi connectivity index (χ2n) is 4.36. The Balaban J connectivity index is 2.23. The summed E-state index contributed by atoms with van der Waals surface area (Å²) in [5.41, 5.74) is -1.24. The molecule has 116 valence electrons. The second-order valence-corrected chi connectivity index (χ2v) is 4.36. The highest BCUT2D eigenvalue weighted by Gasteiger charge is 2.30. The van der Waals surface area contributed by atoms with Gasteiger partial charge in [-0.15, -0.1) is 0 Å². The van der Waals surface area contributed by atoms with Gasteiger partial charge in [0.2, 0.25) is 0 Å². The van der Waals surface area contributed by atoms with E-state index in [2.05, 4.69) is 10.4 Å². The molecule has 1 amide bonds. The maximum atomic E-state index is 12.4. The molecule has 0 saturated carbocycles. The van der Waals surface area contributed by atoms with Crippen molar-refractivity contribution in [1.82, 2.24) is 9.78 Å². The number of alkyl halides is 3. The topological polar surface area (TPSA) is 84.2 Å². The minimum Gasteiger partial charge on any atom is -0.478 e. The summed E-state index contributed by atoms with van der Waals surface area (Å²) >= 11 is 0. The zero-order chi connectivity index (χ0) is 16.5. The predicted molar refractivity (Wildman–Crippen MR) is 69.6 cm³/mol. The average Bonchev–Trinajstić information content (AvgIpc) is 2.80. The molecule has 0 aliphatic heterocycles. The van der Waals surface area contributed by atoms with Gasteiger partial charge in [0.1, 0.15) is 11.3 Å². The number of aromatic nitrogens is 2. The first-order valence-electron chi connectivity index (χ1n) is 5.94. The monoisotopic (exact) mass is 313 g/mol. The number of amides is 1. The predicted octanol–water partition coefficient (Wildman–Crippen LogP) is 2.39. The third-order valence-corrected chi connectivity index (χ3v) is 2.85. The van der Waals surface area contributed by atoms with Crippen LogP contribution in [0.25, 0.3) is 0 Å². The number of carboxylic acid groups (broad SMARTS) is 1. The number of rotatable bonds is 3. The maximum absolute atomic E-state index is 12.4. The van der Waals surface area contributed by atoms with Crippen molar-refractivity contribution >= 4 is 17.6 Å². The van der Waals surface area contributed by atoms with Crippen LogP contribution < -0.4 is 5.32 Å². The lowest BCUT2D eigenvalue weighted by molar-refractivity contribution is -0.137. The molecule has 2 aromatic rings. The van der Waals surface area contributed by atoms with Crippen LogP contribution in [0.1, 0.15) is 26.4 Å². The lowest BCUT2D eigenvalue weighted by atomic mass is 10.2. The molecule has 22 heavy (non-hydrogen) atoms. The standard InChI is InChI=1S/C13H10F3N3O3/c1-19-10(9(6-17-19)12(21)22)11(20)18-8-4-2-7(3-5-8)13(14,15)16/h2-6H,1H3,(H,18,20)(H,21,22). The lowest BCUT2D eigenvalue weighted by Gasteiger charge is -2.09. The number of carbonyl (C=O) groups excluding carboxylic acids is 1. The first-order chi connectivity index (χ1) is 10.2. The van der Waals surface area contributed by atoms with E-state index in [0.29, 0.717) is 0 Å². The zero-order valence-electron chi connectivity index (χ0n) is 11.2. The SMILES string of the molecule is Cn1ncc(C(=O)O)c1C(=O)Nc1ccc(C(F)(F)F)cc1. The number of aryl methyl sites for hydroxylation is 1. The highest BCUT2D eigenvalue weighted by atomic mass is 19.4. The van der Waals surface area contributed by atoms with Crippen LogP contribution in [0, 0.1) is 0 Å². The molecule has 6 nitrogen and oxygen atoms in total. The molecule has 9 heteroatoms. The number of anilines is 1. The van der Waals surface area contributed by atoms with Crippen LogP contribution in [0.5, 0.6) is 0 Å². The summed E-state index contributed by atoms with van der Waals surface area (Å²) in [5.74, 6) is -2.11. The van der Waals surface area contributed by atoms with Gasteiger partial charge in [-0.05, 0) is 24.3 Å². The summed E-state index contributed by atoms with van der Waals surface area (Å²) in [4.78, 5) is 23.0. The summed E-state index contributed by atoms with van der Waals surface area (Å²) < 4.78 is 38.4. The molecule has 2 rings (SSSR count). The van der Waals surface area contributed by atoms with Gasteiger partial charge in [-0.25, -0.2) is 4.79 Å². The fraction of sp³-hybridized carbons (Fsp3) is 0.154. The Kier molecular flexibility index (Phi) is 3.89. The van der Waals surface area contributed by atoms with Crippen LogP contribution in [0.3, 0.4) is 0 Å². The van der Waals surface area contributed by atoms with Gasteiger partial charge in [-0.3, -0.25) is 9.48 Å². The second kappa shape index (κ2) is 5.51. The van der Waals surface area contributed by atoms with Gasteiger partial charge < -0.3 is 10.4 Å². The quantitative estimate of drug-likeness (QED) is 0.911. The largest absolute Gasteiger partial charge is 0.478 e. The molecular formula is C13H10F3N3O3. The van der Waals surface area contributed by atoms with Gasteiger partial charge in [0.05, 0.1) is 11.8 Å². The fourth-order valence-electron chi connectivity index (χ4n) is 1.80. The molecule has 0 aliphatic rings. The van der Waals surface area contributed by atoms with Crippen LogP contribution in [0.15, 0.2) is 30.5 Å². The van der Waals surface area contributed by atoms with E-state index in [4.69, 9.17) is 5.11 Å². The summed E-state index contributed by atoms with van der Waals surface area (Å²) in [6.45, 7) is 0. The first-order valence-corrected chi connectivity index (χ1v) is 5.94. The van der Waals surface area contributed by atoms with E-state index in [1.807, 2.05) is 0 Å². The number of nitrogens with one attached hydrogen (secondary N) is 1. The molecule has 2 N–H and O–H groups in total. The van der Waals surface area contributed by atoms with E-state index < -0.39 is 23.6 Å².